The van der Waals surface area contributed by atoms with Gasteiger partial charge in [-0.1, -0.05) is 12.2 Å². The van der Waals surface area contributed by atoms with Gasteiger partial charge in [-0.25, -0.2) is 0 Å². The first-order valence-electron chi connectivity index (χ1n) is 2.97. The Hall–Kier alpha value is -0.340. The summed E-state index contributed by atoms with van der Waals surface area (Å²) in [6.07, 6.45) is 6.07. The second-order valence-corrected chi connectivity index (χ2v) is 2.27. The van der Waals surface area contributed by atoms with Crippen molar-refractivity contribution in [3.8, 4) is 0 Å². The van der Waals surface area contributed by atoms with Crippen LogP contribution in [0.1, 0.15) is 12.8 Å². The minimum Gasteiger partial charge on any atom is -0.326 e. The van der Waals surface area contributed by atoms with Gasteiger partial charge in [-0.15, -0.1) is 0 Å². The van der Waals surface area contributed by atoms with Gasteiger partial charge in [0.2, 0.25) is 0 Å². The Bertz CT molecular complexity index is 86.7. The van der Waals surface area contributed by atoms with Gasteiger partial charge in [0.1, 0.15) is 0 Å². The largest absolute Gasteiger partial charge is 0.326 e. The molecule has 2 heteroatoms. The molecule has 1 aliphatic rings. The summed E-state index contributed by atoms with van der Waals surface area (Å²) < 4.78 is 0. The van der Waals surface area contributed by atoms with Crippen LogP contribution in [0.25, 0.3) is 0 Å². The van der Waals surface area contributed by atoms with Crippen molar-refractivity contribution in [1.29, 1.82) is 0 Å². The lowest BCUT2D eigenvalue weighted by Gasteiger charge is -2.19. The third kappa shape index (κ3) is 1.08. The molecule has 0 spiro atoms. The number of hydrogen-bond acceptors (Lipinski definition) is 2. The summed E-state index contributed by atoms with van der Waals surface area (Å²) in [5, 5.41) is 0. The molecule has 0 saturated carbocycles. The average molecular weight is 112 g/mol. The molecular formula is C6H12N2. The van der Waals surface area contributed by atoms with Gasteiger partial charge >= 0.3 is 0 Å². The van der Waals surface area contributed by atoms with E-state index in [9.17, 15) is 0 Å². The molecule has 0 aromatic rings. The van der Waals surface area contributed by atoms with Gasteiger partial charge in [-0.3, -0.25) is 0 Å². The van der Waals surface area contributed by atoms with Crippen LogP contribution in [0.3, 0.4) is 0 Å². The lowest BCUT2D eigenvalue weighted by atomic mass is 9.98. The van der Waals surface area contributed by atoms with Crippen LogP contribution in [0.2, 0.25) is 0 Å². The first-order valence-corrected chi connectivity index (χ1v) is 2.97. The van der Waals surface area contributed by atoms with Crippen LogP contribution in [-0.2, 0) is 0 Å². The summed E-state index contributed by atoms with van der Waals surface area (Å²) in [4.78, 5) is 0. The summed E-state index contributed by atoms with van der Waals surface area (Å²) in [6.45, 7) is 0. The van der Waals surface area contributed by atoms with Gasteiger partial charge in [0.25, 0.3) is 0 Å². The van der Waals surface area contributed by atoms with Crippen LogP contribution in [0.15, 0.2) is 12.2 Å². The highest BCUT2D eigenvalue weighted by atomic mass is 14.8. The molecule has 4 N–H and O–H groups in total. The molecule has 0 aromatic carbocycles. The van der Waals surface area contributed by atoms with Crippen molar-refractivity contribution in [2.24, 2.45) is 11.5 Å². The third-order valence-corrected chi connectivity index (χ3v) is 1.53. The fourth-order valence-corrected chi connectivity index (χ4v) is 0.856. The van der Waals surface area contributed by atoms with E-state index in [1.54, 1.807) is 0 Å². The summed E-state index contributed by atoms with van der Waals surface area (Å²) in [7, 11) is 0. The molecule has 2 nitrogen and oxygen atoms in total. The predicted octanol–water partition coefficient (Wildman–Crippen LogP) is -0.00900. The molecule has 0 bridgehead atoms. The molecule has 0 heterocycles. The lowest BCUT2D eigenvalue weighted by Crippen LogP contribution is -2.41. The first-order chi connectivity index (χ1) is 3.80. The number of rotatable bonds is 0. The third-order valence-electron chi connectivity index (χ3n) is 1.53. The standard InChI is InChI=1S/C6H12N2/c7-5-3-1-2-4-6(5)8/h1-2,5-6H,3-4,7-8H2/t5-,6?/m0/s1. The van der Waals surface area contributed by atoms with Gasteiger partial charge in [-0.2, -0.15) is 0 Å². The summed E-state index contributed by atoms with van der Waals surface area (Å²) >= 11 is 0. The zero-order valence-electron chi connectivity index (χ0n) is 4.88. The molecule has 1 unspecified atom stereocenters. The lowest BCUT2D eigenvalue weighted by molar-refractivity contribution is 0.516. The van der Waals surface area contributed by atoms with E-state index in [1.807, 2.05) is 0 Å². The number of hydrogen-bond donors (Lipinski definition) is 2. The molecule has 0 radical (unpaired) electrons. The van der Waals surface area contributed by atoms with Crippen LogP contribution in [0, 0.1) is 0 Å². The maximum absolute atomic E-state index is 5.60. The predicted molar refractivity (Wildman–Crippen MR) is 34.3 cm³/mol. The molecular weight excluding hydrogens is 100 g/mol. The highest BCUT2D eigenvalue weighted by molar-refractivity contribution is 4.98. The smallest absolute Gasteiger partial charge is 0.0230 e. The zero-order valence-corrected chi connectivity index (χ0v) is 4.88. The highest BCUT2D eigenvalue weighted by Gasteiger charge is 2.12. The highest BCUT2D eigenvalue weighted by Crippen LogP contribution is 2.06. The molecule has 0 saturated heterocycles. The topological polar surface area (TPSA) is 52.0 Å². The second kappa shape index (κ2) is 2.29. The Morgan fingerprint density at radius 2 is 1.38 bits per heavy atom. The van der Waals surface area contributed by atoms with E-state index in [1.165, 1.54) is 0 Å². The van der Waals surface area contributed by atoms with Gasteiger partial charge in [-0.05, 0) is 12.8 Å². The van der Waals surface area contributed by atoms with Crippen molar-refractivity contribution >= 4 is 0 Å². The summed E-state index contributed by atoms with van der Waals surface area (Å²) in [5.74, 6) is 0. The van der Waals surface area contributed by atoms with Gasteiger partial charge in [0.05, 0.1) is 0 Å². The van der Waals surface area contributed by atoms with Crippen molar-refractivity contribution in [1.82, 2.24) is 0 Å². The monoisotopic (exact) mass is 112 g/mol. The minimum atomic E-state index is 0.194. The maximum atomic E-state index is 5.60. The Morgan fingerprint density at radius 3 is 1.62 bits per heavy atom. The van der Waals surface area contributed by atoms with E-state index in [4.69, 9.17) is 11.5 Å². The van der Waals surface area contributed by atoms with Crippen LogP contribution in [-0.4, -0.2) is 12.1 Å². The Kier molecular flexibility index (Phi) is 1.65. The van der Waals surface area contributed by atoms with Crippen LogP contribution in [0.4, 0.5) is 0 Å². The molecule has 0 amide bonds. The van der Waals surface area contributed by atoms with Crippen molar-refractivity contribution in [3.63, 3.8) is 0 Å². The van der Waals surface area contributed by atoms with Crippen molar-refractivity contribution in [3.05, 3.63) is 12.2 Å². The fourth-order valence-electron chi connectivity index (χ4n) is 0.856. The zero-order chi connectivity index (χ0) is 5.98. The molecule has 2 atom stereocenters. The molecule has 8 heavy (non-hydrogen) atoms. The molecule has 0 fully saturated rings. The molecule has 46 valence electrons. The van der Waals surface area contributed by atoms with Crippen molar-refractivity contribution in [2.75, 3.05) is 0 Å². The van der Waals surface area contributed by atoms with Gasteiger partial charge in [0, 0.05) is 12.1 Å². The summed E-state index contributed by atoms with van der Waals surface area (Å²) in [6, 6.07) is 0.389. The normalized spacial score (nSPS) is 37.8. The number of nitrogens with two attached hydrogens (primary N) is 2. The Morgan fingerprint density at radius 1 is 1.00 bits per heavy atom. The summed E-state index contributed by atoms with van der Waals surface area (Å²) in [5.41, 5.74) is 11.2. The van der Waals surface area contributed by atoms with E-state index in [0.29, 0.717) is 0 Å². The Labute approximate surface area is 49.5 Å². The fraction of sp³-hybridized carbons (Fsp3) is 0.667. The SMILES string of the molecule is NC1CC=CC[C@@H]1N. The van der Waals surface area contributed by atoms with Gasteiger partial charge in [0.15, 0.2) is 0 Å². The van der Waals surface area contributed by atoms with Crippen molar-refractivity contribution in [2.45, 2.75) is 24.9 Å². The van der Waals surface area contributed by atoms with Crippen LogP contribution < -0.4 is 11.5 Å². The molecule has 0 aliphatic heterocycles. The quantitative estimate of drug-likeness (QED) is 0.433. The van der Waals surface area contributed by atoms with E-state index in [-0.39, 0.29) is 12.1 Å². The second-order valence-electron chi connectivity index (χ2n) is 2.27. The molecule has 1 rings (SSSR count). The maximum Gasteiger partial charge on any atom is 0.0230 e. The van der Waals surface area contributed by atoms with Crippen LogP contribution >= 0.6 is 0 Å². The molecule has 1 aliphatic carbocycles. The first kappa shape index (κ1) is 5.79. The van der Waals surface area contributed by atoms with Crippen LogP contribution in [0.5, 0.6) is 0 Å². The van der Waals surface area contributed by atoms with E-state index in [2.05, 4.69) is 12.2 Å². The molecule has 0 aromatic heterocycles. The minimum absolute atomic E-state index is 0.194. The van der Waals surface area contributed by atoms with E-state index >= 15 is 0 Å². The van der Waals surface area contributed by atoms with Gasteiger partial charge < -0.3 is 11.5 Å². The van der Waals surface area contributed by atoms with E-state index < -0.39 is 0 Å². The average Bonchev–Trinajstić information content (AvgIpc) is 1.77. The Balaban J connectivity index is 2.44. The van der Waals surface area contributed by atoms with E-state index in [0.717, 1.165) is 12.8 Å². The van der Waals surface area contributed by atoms with Crippen molar-refractivity contribution < 1.29 is 0 Å².